The third-order valence-corrected chi connectivity index (χ3v) is 3.56. The first-order chi connectivity index (χ1) is 7.53. The van der Waals surface area contributed by atoms with Gasteiger partial charge in [0.25, 0.3) is 0 Å². The molecule has 2 aliphatic carbocycles. The molecule has 0 spiro atoms. The molecule has 3 atom stereocenters. The Hall–Kier alpha value is -0.860. The van der Waals surface area contributed by atoms with Gasteiger partial charge in [-0.1, -0.05) is 27.4 Å². The van der Waals surface area contributed by atoms with Crippen LogP contribution >= 0.6 is 0 Å². The zero-order valence-electron chi connectivity index (χ0n) is 10.4. The number of rotatable bonds is 2. The summed E-state index contributed by atoms with van der Waals surface area (Å²) in [5.74, 6) is -0.808. The van der Waals surface area contributed by atoms with Crippen LogP contribution in [0.15, 0.2) is 12.4 Å². The van der Waals surface area contributed by atoms with Crippen molar-refractivity contribution in [3.8, 4) is 0 Å². The molecule has 0 saturated heterocycles. The predicted octanol–water partition coefficient (Wildman–Crippen LogP) is 3.62. The number of hydrogen-bond donors (Lipinski definition) is 0. The molecule has 2 saturated carbocycles. The number of carbonyl (C=O) groups excluding carboxylic acids is 1. The molecule has 0 heterocycles. The second-order valence-corrected chi connectivity index (χ2v) is 4.64. The molecule has 0 bridgehead atoms. The van der Waals surface area contributed by atoms with Crippen LogP contribution in [0.4, 0.5) is 4.39 Å². The molecule has 0 amide bonds. The molecule has 2 rings (SSSR count). The highest BCUT2D eigenvalue weighted by Crippen LogP contribution is 2.55. The van der Waals surface area contributed by atoms with E-state index in [1.807, 2.05) is 13.8 Å². The summed E-state index contributed by atoms with van der Waals surface area (Å²) in [5, 5.41) is 0. The summed E-state index contributed by atoms with van der Waals surface area (Å²) in [5.41, 5.74) is -0.342. The van der Waals surface area contributed by atoms with Crippen LogP contribution < -0.4 is 0 Å². The molecule has 0 aliphatic heterocycles. The van der Waals surface area contributed by atoms with Crippen LogP contribution in [-0.2, 0) is 9.53 Å². The first kappa shape index (κ1) is 13.2. The number of ether oxygens (including phenoxy) is 1. The molecular weight excluding hydrogens is 207 g/mol. The molecule has 2 aliphatic rings. The molecule has 0 radical (unpaired) electrons. The van der Waals surface area contributed by atoms with E-state index in [1.54, 1.807) is 0 Å². The number of carbonyl (C=O) groups is 1. The largest absolute Gasteiger partial charge is 0.454 e. The van der Waals surface area contributed by atoms with Gasteiger partial charge in [-0.15, -0.1) is 0 Å². The Morgan fingerprint density at radius 1 is 1.50 bits per heavy atom. The SMILES string of the molecule is C=C(F)C(=O)OC12CCC1CC(C)C2.CC. The molecule has 3 heteroatoms. The first-order valence-corrected chi connectivity index (χ1v) is 6.11. The monoisotopic (exact) mass is 228 g/mol. The lowest BCUT2D eigenvalue weighted by Crippen LogP contribution is -2.46. The Labute approximate surface area is 96.9 Å². The number of esters is 1. The van der Waals surface area contributed by atoms with Gasteiger partial charge >= 0.3 is 5.97 Å². The summed E-state index contributed by atoms with van der Waals surface area (Å²) < 4.78 is 17.7. The van der Waals surface area contributed by atoms with Crippen molar-refractivity contribution in [3.05, 3.63) is 12.4 Å². The molecule has 0 aromatic heterocycles. The van der Waals surface area contributed by atoms with Gasteiger partial charge < -0.3 is 4.74 Å². The van der Waals surface area contributed by atoms with Gasteiger partial charge in [0.2, 0.25) is 5.83 Å². The summed E-state index contributed by atoms with van der Waals surface area (Å²) >= 11 is 0. The van der Waals surface area contributed by atoms with Crippen molar-refractivity contribution in [3.63, 3.8) is 0 Å². The summed E-state index contributed by atoms with van der Waals surface area (Å²) in [4.78, 5) is 11.1. The molecule has 0 aromatic carbocycles. The van der Waals surface area contributed by atoms with Crippen LogP contribution in [-0.4, -0.2) is 11.6 Å². The summed E-state index contributed by atoms with van der Waals surface area (Å²) in [6.07, 6.45) is 3.99. The van der Waals surface area contributed by atoms with Gasteiger partial charge in [-0.3, -0.25) is 0 Å². The second kappa shape index (κ2) is 4.98. The van der Waals surface area contributed by atoms with E-state index in [1.165, 1.54) is 0 Å². The second-order valence-electron chi connectivity index (χ2n) is 4.64. The first-order valence-electron chi connectivity index (χ1n) is 6.11. The Balaban J connectivity index is 0.000000606. The van der Waals surface area contributed by atoms with Crippen molar-refractivity contribution in [1.82, 2.24) is 0 Å². The van der Waals surface area contributed by atoms with Gasteiger partial charge in [0, 0.05) is 0 Å². The third kappa shape index (κ3) is 2.28. The van der Waals surface area contributed by atoms with Gasteiger partial charge in [0.15, 0.2) is 0 Å². The van der Waals surface area contributed by atoms with Gasteiger partial charge in [0.05, 0.1) is 0 Å². The lowest BCUT2D eigenvalue weighted by Gasteiger charge is -2.43. The fraction of sp³-hybridized carbons (Fsp3) is 0.769. The molecule has 2 fully saturated rings. The van der Waals surface area contributed by atoms with E-state index in [0.29, 0.717) is 11.8 Å². The number of hydrogen-bond acceptors (Lipinski definition) is 2. The Morgan fingerprint density at radius 3 is 2.50 bits per heavy atom. The van der Waals surface area contributed by atoms with Crippen LogP contribution in [0.5, 0.6) is 0 Å². The smallest absolute Gasteiger partial charge is 0.367 e. The lowest BCUT2D eigenvalue weighted by molar-refractivity contribution is -0.174. The molecule has 92 valence electrons. The van der Waals surface area contributed by atoms with Crippen LogP contribution in [0.1, 0.15) is 46.5 Å². The van der Waals surface area contributed by atoms with E-state index in [2.05, 4.69) is 13.5 Å². The maximum atomic E-state index is 12.5. The average Bonchev–Trinajstić information content (AvgIpc) is 2.45. The van der Waals surface area contributed by atoms with Crippen LogP contribution in [0.2, 0.25) is 0 Å². The van der Waals surface area contributed by atoms with E-state index < -0.39 is 11.8 Å². The van der Waals surface area contributed by atoms with E-state index in [4.69, 9.17) is 4.74 Å². The molecule has 16 heavy (non-hydrogen) atoms. The number of fused-ring (bicyclic) bond motifs is 1. The standard InChI is InChI=1S/C11H15FO2.C2H6/c1-7-5-9-3-4-11(9,6-7)14-10(13)8(2)12;1-2/h7,9H,2-6H2,1H3;1-2H3. The van der Waals surface area contributed by atoms with Gasteiger partial charge in [-0.2, -0.15) is 4.39 Å². The average molecular weight is 228 g/mol. The van der Waals surface area contributed by atoms with Crippen molar-refractivity contribution in [2.75, 3.05) is 0 Å². The van der Waals surface area contributed by atoms with Gasteiger partial charge in [-0.25, -0.2) is 4.79 Å². The zero-order valence-corrected chi connectivity index (χ0v) is 10.4. The van der Waals surface area contributed by atoms with Gasteiger partial charge in [-0.05, 0) is 37.5 Å². The minimum atomic E-state index is -0.982. The highest BCUT2D eigenvalue weighted by atomic mass is 19.1. The summed E-state index contributed by atoms with van der Waals surface area (Å²) in [7, 11) is 0. The minimum Gasteiger partial charge on any atom is -0.454 e. The van der Waals surface area contributed by atoms with Crippen LogP contribution in [0, 0.1) is 11.8 Å². The maximum Gasteiger partial charge on any atom is 0.367 e. The molecule has 2 nitrogen and oxygen atoms in total. The van der Waals surface area contributed by atoms with Crippen molar-refractivity contribution >= 4 is 5.97 Å². The maximum absolute atomic E-state index is 12.5. The van der Waals surface area contributed by atoms with E-state index >= 15 is 0 Å². The van der Waals surface area contributed by atoms with Crippen molar-refractivity contribution in [2.24, 2.45) is 11.8 Å². The zero-order chi connectivity index (χ0) is 12.3. The van der Waals surface area contributed by atoms with E-state index in [0.717, 1.165) is 25.7 Å². The highest BCUT2D eigenvalue weighted by molar-refractivity contribution is 5.85. The quantitative estimate of drug-likeness (QED) is 0.533. The normalized spacial score (nSPS) is 35.2. The third-order valence-electron chi connectivity index (χ3n) is 3.56. The Morgan fingerprint density at radius 2 is 2.12 bits per heavy atom. The fourth-order valence-electron chi connectivity index (χ4n) is 2.85. The predicted molar refractivity (Wildman–Crippen MR) is 61.5 cm³/mol. The summed E-state index contributed by atoms with van der Waals surface area (Å²) in [6, 6.07) is 0. The molecule has 0 N–H and O–H groups in total. The lowest BCUT2D eigenvalue weighted by atomic mass is 9.71. The van der Waals surface area contributed by atoms with Gasteiger partial charge in [0.1, 0.15) is 5.60 Å². The van der Waals surface area contributed by atoms with Crippen molar-refractivity contribution < 1.29 is 13.9 Å². The van der Waals surface area contributed by atoms with Crippen LogP contribution in [0.25, 0.3) is 0 Å². The number of halogens is 1. The van der Waals surface area contributed by atoms with E-state index in [9.17, 15) is 9.18 Å². The van der Waals surface area contributed by atoms with E-state index in [-0.39, 0.29) is 5.60 Å². The van der Waals surface area contributed by atoms with Crippen molar-refractivity contribution in [1.29, 1.82) is 0 Å². The molecule has 3 unspecified atom stereocenters. The molecule has 0 aromatic rings. The summed E-state index contributed by atoms with van der Waals surface area (Å²) in [6.45, 7) is 9.11. The van der Waals surface area contributed by atoms with Crippen LogP contribution in [0.3, 0.4) is 0 Å². The van der Waals surface area contributed by atoms with Crippen molar-refractivity contribution in [2.45, 2.75) is 52.1 Å². The fourth-order valence-corrected chi connectivity index (χ4v) is 2.85. The Kier molecular flexibility index (Phi) is 4.11. The molecular formula is C13H21FO2. The highest BCUT2D eigenvalue weighted by Gasteiger charge is 2.55. The topological polar surface area (TPSA) is 26.3 Å². The Bertz CT molecular complexity index is 288. The minimum absolute atomic E-state index is 0.342.